The molecule has 0 bridgehead atoms. The molecule has 5 heteroatoms. The summed E-state index contributed by atoms with van der Waals surface area (Å²) in [5.74, 6) is 0.504. The van der Waals surface area contributed by atoms with Crippen LogP contribution in [-0.2, 0) is 17.9 Å². The second-order valence-electron chi connectivity index (χ2n) is 7.88. The summed E-state index contributed by atoms with van der Waals surface area (Å²) >= 11 is 6.00. The zero-order valence-electron chi connectivity index (χ0n) is 15.3. The van der Waals surface area contributed by atoms with Gasteiger partial charge in [-0.3, -0.25) is 9.69 Å². The summed E-state index contributed by atoms with van der Waals surface area (Å²) in [6.07, 6.45) is 3.16. The summed E-state index contributed by atoms with van der Waals surface area (Å²) in [7, 11) is 0. The SMILES string of the molecule is O=C(NCc1ccccc1)[C@@H]1CC12CCN(Cc1ccc(O)c(Cl)c1)CC2. The first kappa shape index (κ1) is 18.3. The maximum atomic E-state index is 12.5. The monoisotopic (exact) mass is 384 g/mol. The van der Waals surface area contributed by atoms with E-state index in [4.69, 9.17) is 11.6 Å². The molecule has 4 nitrogen and oxygen atoms in total. The largest absolute Gasteiger partial charge is 0.506 e. The highest BCUT2D eigenvalue weighted by Crippen LogP contribution is 2.59. The summed E-state index contributed by atoms with van der Waals surface area (Å²) in [6.45, 7) is 3.45. The molecule has 2 aromatic carbocycles. The Labute approximate surface area is 165 Å². The Morgan fingerprint density at radius 3 is 2.59 bits per heavy atom. The second kappa shape index (κ2) is 7.53. The van der Waals surface area contributed by atoms with Crippen molar-refractivity contribution in [1.82, 2.24) is 10.2 Å². The lowest BCUT2D eigenvalue weighted by Crippen LogP contribution is -2.36. The summed E-state index contributed by atoms with van der Waals surface area (Å²) in [6, 6.07) is 15.5. The number of piperidine rings is 1. The van der Waals surface area contributed by atoms with Crippen molar-refractivity contribution < 1.29 is 9.90 Å². The van der Waals surface area contributed by atoms with Gasteiger partial charge in [0.15, 0.2) is 0 Å². The molecule has 0 unspecified atom stereocenters. The van der Waals surface area contributed by atoms with E-state index in [1.807, 2.05) is 42.5 Å². The lowest BCUT2D eigenvalue weighted by molar-refractivity contribution is -0.123. The number of halogens is 1. The quantitative estimate of drug-likeness (QED) is 0.820. The molecule has 2 aliphatic rings. The fourth-order valence-electron chi connectivity index (χ4n) is 4.24. The fraction of sp³-hybridized carbons (Fsp3) is 0.409. The number of nitrogens with zero attached hydrogens (tertiary/aromatic N) is 1. The number of benzene rings is 2. The highest BCUT2D eigenvalue weighted by molar-refractivity contribution is 6.32. The number of hydrogen-bond donors (Lipinski definition) is 2. The molecular weight excluding hydrogens is 360 g/mol. The van der Waals surface area contributed by atoms with Crippen LogP contribution in [0.4, 0.5) is 0 Å². The molecule has 27 heavy (non-hydrogen) atoms. The molecule has 1 aliphatic carbocycles. The van der Waals surface area contributed by atoms with E-state index >= 15 is 0 Å². The number of nitrogens with one attached hydrogen (secondary N) is 1. The third kappa shape index (κ3) is 4.12. The molecule has 1 atom stereocenters. The van der Waals surface area contributed by atoms with Gasteiger partial charge >= 0.3 is 0 Å². The van der Waals surface area contributed by atoms with Crippen LogP contribution < -0.4 is 5.32 Å². The third-order valence-electron chi connectivity index (χ3n) is 6.09. The molecule has 0 aromatic heterocycles. The van der Waals surface area contributed by atoms with Crippen molar-refractivity contribution in [3.8, 4) is 5.75 Å². The molecule has 1 heterocycles. The van der Waals surface area contributed by atoms with Crippen molar-refractivity contribution in [2.24, 2.45) is 11.3 Å². The van der Waals surface area contributed by atoms with Crippen LogP contribution in [0.3, 0.4) is 0 Å². The van der Waals surface area contributed by atoms with Gasteiger partial charge in [0.2, 0.25) is 5.91 Å². The first-order valence-electron chi connectivity index (χ1n) is 9.57. The molecule has 1 saturated heterocycles. The summed E-state index contributed by atoms with van der Waals surface area (Å²) in [5, 5.41) is 13.0. The molecule has 1 amide bonds. The molecule has 2 N–H and O–H groups in total. The lowest BCUT2D eigenvalue weighted by Gasteiger charge is -2.32. The van der Waals surface area contributed by atoms with Crippen LogP contribution in [0.5, 0.6) is 5.75 Å². The van der Waals surface area contributed by atoms with Crippen molar-refractivity contribution >= 4 is 17.5 Å². The van der Waals surface area contributed by atoms with E-state index in [1.165, 1.54) is 0 Å². The molecular formula is C22H25ClN2O2. The summed E-state index contributed by atoms with van der Waals surface area (Å²) < 4.78 is 0. The standard InChI is InChI=1S/C22H25ClN2O2/c23-19-12-17(6-7-20(19)26)15-25-10-8-22(9-11-25)13-18(22)21(27)24-14-16-4-2-1-3-5-16/h1-7,12,18,26H,8-11,13-15H2,(H,24,27)/t18-/m0/s1. The average molecular weight is 385 g/mol. The smallest absolute Gasteiger partial charge is 0.223 e. The molecule has 1 spiro atoms. The minimum Gasteiger partial charge on any atom is -0.506 e. The zero-order valence-corrected chi connectivity index (χ0v) is 16.1. The minimum atomic E-state index is 0.125. The van der Waals surface area contributed by atoms with Crippen LogP contribution >= 0.6 is 11.6 Å². The number of carbonyl (C=O) groups is 1. The van der Waals surface area contributed by atoms with E-state index in [9.17, 15) is 9.90 Å². The Morgan fingerprint density at radius 2 is 1.89 bits per heavy atom. The van der Waals surface area contributed by atoms with Crippen LogP contribution in [0.2, 0.25) is 5.02 Å². The average Bonchev–Trinajstić information content (AvgIpc) is 3.39. The van der Waals surface area contributed by atoms with Gasteiger partial charge in [0, 0.05) is 19.0 Å². The Balaban J connectivity index is 1.25. The van der Waals surface area contributed by atoms with Crippen LogP contribution in [0.15, 0.2) is 48.5 Å². The minimum absolute atomic E-state index is 0.125. The van der Waals surface area contributed by atoms with Crippen LogP contribution in [0, 0.1) is 11.3 Å². The number of aromatic hydroxyl groups is 1. The number of rotatable bonds is 5. The van der Waals surface area contributed by atoms with E-state index < -0.39 is 0 Å². The van der Waals surface area contributed by atoms with Gasteiger partial charge in [0.05, 0.1) is 5.02 Å². The third-order valence-corrected chi connectivity index (χ3v) is 6.39. The predicted octanol–water partition coefficient (Wildman–Crippen LogP) is 3.96. The maximum absolute atomic E-state index is 12.5. The molecule has 0 radical (unpaired) electrons. The number of likely N-dealkylation sites (tertiary alicyclic amines) is 1. The van der Waals surface area contributed by atoms with Gasteiger partial charge in [-0.1, -0.05) is 48.0 Å². The van der Waals surface area contributed by atoms with Crippen molar-refractivity contribution in [3.63, 3.8) is 0 Å². The number of amides is 1. The van der Waals surface area contributed by atoms with Crippen molar-refractivity contribution in [2.75, 3.05) is 13.1 Å². The van der Waals surface area contributed by atoms with Crippen LogP contribution in [-0.4, -0.2) is 29.0 Å². The number of phenols is 1. The Kier molecular flexibility index (Phi) is 5.11. The molecule has 4 rings (SSSR count). The molecule has 1 saturated carbocycles. The Hall–Kier alpha value is -2.04. The van der Waals surface area contributed by atoms with E-state index in [0.717, 1.165) is 50.0 Å². The topological polar surface area (TPSA) is 52.6 Å². The van der Waals surface area contributed by atoms with Gasteiger partial charge in [-0.05, 0) is 61.0 Å². The van der Waals surface area contributed by atoms with Crippen molar-refractivity contribution in [1.29, 1.82) is 0 Å². The molecule has 1 aliphatic heterocycles. The Morgan fingerprint density at radius 1 is 1.15 bits per heavy atom. The number of phenolic OH excluding ortho intramolecular Hbond substituents is 1. The summed E-state index contributed by atoms with van der Waals surface area (Å²) in [4.78, 5) is 14.9. The van der Waals surface area contributed by atoms with E-state index in [2.05, 4.69) is 10.2 Å². The van der Waals surface area contributed by atoms with Crippen molar-refractivity contribution in [3.05, 3.63) is 64.7 Å². The molecule has 2 fully saturated rings. The highest BCUT2D eigenvalue weighted by Gasteiger charge is 2.58. The fourth-order valence-corrected chi connectivity index (χ4v) is 4.45. The van der Waals surface area contributed by atoms with Gasteiger partial charge in [-0.2, -0.15) is 0 Å². The molecule has 142 valence electrons. The highest BCUT2D eigenvalue weighted by atomic mass is 35.5. The first-order chi connectivity index (χ1) is 13.1. The number of hydrogen-bond acceptors (Lipinski definition) is 3. The molecule has 2 aromatic rings. The van der Waals surface area contributed by atoms with Crippen molar-refractivity contribution in [2.45, 2.75) is 32.4 Å². The van der Waals surface area contributed by atoms with Gasteiger partial charge in [-0.25, -0.2) is 0 Å². The van der Waals surface area contributed by atoms with Gasteiger partial charge in [0.1, 0.15) is 5.75 Å². The van der Waals surface area contributed by atoms with E-state index in [1.54, 1.807) is 6.07 Å². The predicted molar refractivity (Wildman–Crippen MR) is 106 cm³/mol. The van der Waals surface area contributed by atoms with Gasteiger partial charge < -0.3 is 10.4 Å². The normalized spacial score (nSPS) is 21.1. The first-order valence-corrected chi connectivity index (χ1v) is 9.95. The van der Waals surface area contributed by atoms with E-state index in [-0.39, 0.29) is 23.0 Å². The van der Waals surface area contributed by atoms with Gasteiger partial charge in [-0.15, -0.1) is 0 Å². The second-order valence-corrected chi connectivity index (χ2v) is 8.29. The Bertz CT molecular complexity index is 816. The van der Waals surface area contributed by atoms with Crippen LogP contribution in [0.25, 0.3) is 0 Å². The number of carbonyl (C=O) groups excluding carboxylic acids is 1. The lowest BCUT2D eigenvalue weighted by atomic mass is 9.90. The van der Waals surface area contributed by atoms with Crippen LogP contribution in [0.1, 0.15) is 30.4 Å². The van der Waals surface area contributed by atoms with E-state index in [0.29, 0.717) is 11.6 Å². The zero-order chi connectivity index (χ0) is 18.9. The summed E-state index contributed by atoms with van der Waals surface area (Å²) in [5.41, 5.74) is 2.47. The van der Waals surface area contributed by atoms with Gasteiger partial charge in [0.25, 0.3) is 0 Å². The maximum Gasteiger partial charge on any atom is 0.223 e.